The zero-order chi connectivity index (χ0) is 13.0. The minimum atomic E-state index is -0.593. The van der Waals surface area contributed by atoms with Crippen LogP contribution < -0.4 is 0 Å². The van der Waals surface area contributed by atoms with Gasteiger partial charge in [-0.05, 0) is 16.7 Å². The van der Waals surface area contributed by atoms with Gasteiger partial charge in [-0.1, -0.05) is 61.5 Å². The first-order chi connectivity index (χ1) is 8.72. The Hall–Kier alpha value is -1.64. The average Bonchev–Trinajstić information content (AvgIpc) is 2.47. The van der Waals surface area contributed by atoms with E-state index >= 15 is 0 Å². The smallest absolute Gasteiger partial charge is 0.104 e. The van der Waals surface area contributed by atoms with Crippen molar-refractivity contribution in [1.82, 2.24) is 0 Å². The fraction of sp³-hybridized carbons (Fsp3) is 0.250. The maximum atomic E-state index is 10.2. The summed E-state index contributed by atoms with van der Waals surface area (Å²) in [4.78, 5) is 0. The zero-order valence-electron chi connectivity index (χ0n) is 10.5. The SMILES string of the molecule is CC(CO)c1ccc(C(O)c2ccccc2)cc1. The highest BCUT2D eigenvalue weighted by Crippen LogP contribution is 2.23. The number of hydrogen-bond acceptors (Lipinski definition) is 2. The van der Waals surface area contributed by atoms with Crippen LogP contribution in [-0.2, 0) is 0 Å². The molecule has 0 fully saturated rings. The normalized spacial score (nSPS) is 14.2. The fourth-order valence-electron chi connectivity index (χ4n) is 1.94. The summed E-state index contributed by atoms with van der Waals surface area (Å²) in [5.41, 5.74) is 2.84. The molecule has 2 heteroatoms. The van der Waals surface area contributed by atoms with Crippen LogP contribution in [0.25, 0.3) is 0 Å². The van der Waals surface area contributed by atoms with E-state index in [1.54, 1.807) is 0 Å². The largest absolute Gasteiger partial charge is 0.396 e. The number of benzene rings is 2. The van der Waals surface area contributed by atoms with Crippen LogP contribution in [0.1, 0.15) is 35.6 Å². The summed E-state index contributed by atoms with van der Waals surface area (Å²) in [5.74, 6) is 0.132. The maximum Gasteiger partial charge on any atom is 0.104 e. The van der Waals surface area contributed by atoms with Gasteiger partial charge in [-0.25, -0.2) is 0 Å². The minimum absolute atomic E-state index is 0.132. The Bertz CT molecular complexity index is 476. The average molecular weight is 242 g/mol. The predicted octanol–water partition coefficient (Wildman–Crippen LogP) is 2.86. The van der Waals surface area contributed by atoms with Gasteiger partial charge in [0.25, 0.3) is 0 Å². The highest BCUT2D eigenvalue weighted by molar-refractivity contribution is 5.32. The van der Waals surface area contributed by atoms with E-state index < -0.39 is 6.10 Å². The van der Waals surface area contributed by atoms with Crippen molar-refractivity contribution in [2.24, 2.45) is 0 Å². The molecule has 0 spiro atoms. The van der Waals surface area contributed by atoms with Crippen molar-refractivity contribution in [3.05, 3.63) is 71.3 Å². The molecule has 2 unspecified atom stereocenters. The molecule has 2 rings (SSSR count). The summed E-state index contributed by atoms with van der Waals surface area (Å²) in [6.07, 6.45) is -0.593. The van der Waals surface area contributed by atoms with Gasteiger partial charge in [-0.15, -0.1) is 0 Å². The second kappa shape index (κ2) is 5.80. The predicted molar refractivity (Wildman–Crippen MR) is 72.4 cm³/mol. The summed E-state index contributed by atoms with van der Waals surface area (Å²) in [5, 5.41) is 19.3. The Morgan fingerprint density at radius 1 is 0.833 bits per heavy atom. The van der Waals surface area contributed by atoms with E-state index in [4.69, 9.17) is 5.11 Å². The van der Waals surface area contributed by atoms with Crippen LogP contribution in [0.3, 0.4) is 0 Å². The Morgan fingerprint density at radius 3 is 1.89 bits per heavy atom. The summed E-state index contributed by atoms with van der Waals surface area (Å²) >= 11 is 0. The molecule has 0 heterocycles. The van der Waals surface area contributed by atoms with Gasteiger partial charge in [0, 0.05) is 12.5 Å². The molecule has 0 radical (unpaired) electrons. The molecule has 0 saturated heterocycles. The Morgan fingerprint density at radius 2 is 1.33 bits per heavy atom. The van der Waals surface area contributed by atoms with Crippen LogP contribution in [0.4, 0.5) is 0 Å². The van der Waals surface area contributed by atoms with Crippen molar-refractivity contribution in [3.63, 3.8) is 0 Å². The van der Waals surface area contributed by atoms with E-state index in [1.807, 2.05) is 61.5 Å². The topological polar surface area (TPSA) is 40.5 Å². The molecule has 2 nitrogen and oxygen atoms in total. The molecule has 0 amide bonds. The number of hydrogen-bond donors (Lipinski definition) is 2. The first-order valence-electron chi connectivity index (χ1n) is 6.16. The lowest BCUT2D eigenvalue weighted by molar-refractivity contribution is 0.220. The molecule has 0 aliphatic heterocycles. The summed E-state index contributed by atoms with van der Waals surface area (Å²) in [6, 6.07) is 17.3. The van der Waals surface area contributed by atoms with E-state index in [2.05, 4.69) is 0 Å². The van der Waals surface area contributed by atoms with Gasteiger partial charge in [0.1, 0.15) is 6.10 Å². The summed E-state index contributed by atoms with van der Waals surface area (Å²) in [6.45, 7) is 2.11. The third-order valence-electron chi connectivity index (χ3n) is 3.21. The van der Waals surface area contributed by atoms with Gasteiger partial charge >= 0.3 is 0 Å². The monoisotopic (exact) mass is 242 g/mol. The summed E-state index contributed by atoms with van der Waals surface area (Å²) in [7, 11) is 0. The number of rotatable bonds is 4. The summed E-state index contributed by atoms with van der Waals surface area (Å²) < 4.78 is 0. The molecule has 18 heavy (non-hydrogen) atoms. The van der Waals surface area contributed by atoms with E-state index in [-0.39, 0.29) is 12.5 Å². The molecule has 0 aliphatic carbocycles. The molecule has 0 aromatic heterocycles. The molecule has 0 bridgehead atoms. The van der Waals surface area contributed by atoms with E-state index in [0.717, 1.165) is 16.7 Å². The molecule has 94 valence electrons. The zero-order valence-corrected chi connectivity index (χ0v) is 10.5. The van der Waals surface area contributed by atoms with E-state index in [0.29, 0.717) is 0 Å². The van der Waals surface area contributed by atoms with Crippen molar-refractivity contribution in [2.45, 2.75) is 18.9 Å². The van der Waals surface area contributed by atoms with Crippen molar-refractivity contribution in [1.29, 1.82) is 0 Å². The third kappa shape index (κ3) is 2.78. The van der Waals surface area contributed by atoms with Gasteiger partial charge in [-0.2, -0.15) is 0 Å². The third-order valence-corrected chi connectivity index (χ3v) is 3.21. The first kappa shape index (κ1) is 12.8. The van der Waals surface area contributed by atoms with E-state index in [9.17, 15) is 5.11 Å². The lowest BCUT2D eigenvalue weighted by atomic mass is 9.96. The molecule has 0 saturated carbocycles. The van der Waals surface area contributed by atoms with Gasteiger partial charge in [0.15, 0.2) is 0 Å². The molecular weight excluding hydrogens is 224 g/mol. The van der Waals surface area contributed by atoms with Crippen LogP contribution in [0.5, 0.6) is 0 Å². The Kier molecular flexibility index (Phi) is 4.13. The molecule has 2 aromatic rings. The molecule has 0 aliphatic rings. The Balaban J connectivity index is 2.19. The lowest BCUT2D eigenvalue weighted by Gasteiger charge is -2.13. The van der Waals surface area contributed by atoms with Gasteiger partial charge in [0.2, 0.25) is 0 Å². The van der Waals surface area contributed by atoms with E-state index in [1.165, 1.54) is 0 Å². The molecule has 2 N–H and O–H groups in total. The minimum Gasteiger partial charge on any atom is -0.396 e. The van der Waals surface area contributed by atoms with Crippen LogP contribution in [-0.4, -0.2) is 16.8 Å². The van der Waals surface area contributed by atoms with Crippen molar-refractivity contribution in [2.75, 3.05) is 6.61 Å². The quantitative estimate of drug-likeness (QED) is 0.865. The molecular formula is C16H18O2. The van der Waals surface area contributed by atoms with Crippen LogP contribution >= 0.6 is 0 Å². The van der Waals surface area contributed by atoms with Gasteiger partial charge < -0.3 is 10.2 Å². The Labute approximate surface area is 108 Å². The van der Waals surface area contributed by atoms with Crippen LogP contribution in [0.15, 0.2) is 54.6 Å². The number of aliphatic hydroxyl groups is 2. The second-order valence-electron chi connectivity index (χ2n) is 4.56. The van der Waals surface area contributed by atoms with Crippen LogP contribution in [0, 0.1) is 0 Å². The highest BCUT2D eigenvalue weighted by atomic mass is 16.3. The lowest BCUT2D eigenvalue weighted by Crippen LogP contribution is -2.02. The highest BCUT2D eigenvalue weighted by Gasteiger charge is 2.10. The fourth-order valence-corrected chi connectivity index (χ4v) is 1.94. The number of aliphatic hydroxyl groups excluding tert-OH is 2. The van der Waals surface area contributed by atoms with Crippen molar-refractivity contribution < 1.29 is 10.2 Å². The van der Waals surface area contributed by atoms with Crippen LogP contribution in [0.2, 0.25) is 0 Å². The molecule has 2 aromatic carbocycles. The van der Waals surface area contributed by atoms with Gasteiger partial charge in [0.05, 0.1) is 0 Å². The second-order valence-corrected chi connectivity index (χ2v) is 4.56. The van der Waals surface area contributed by atoms with Gasteiger partial charge in [-0.3, -0.25) is 0 Å². The first-order valence-corrected chi connectivity index (χ1v) is 6.16. The van der Waals surface area contributed by atoms with Crippen molar-refractivity contribution in [3.8, 4) is 0 Å². The molecule has 2 atom stereocenters. The maximum absolute atomic E-state index is 10.2. The standard InChI is InChI=1S/C16H18O2/c1-12(11-17)13-7-9-15(10-8-13)16(18)14-5-3-2-4-6-14/h2-10,12,16-18H,11H2,1H3. The van der Waals surface area contributed by atoms with Crippen molar-refractivity contribution >= 4 is 0 Å².